The number of nitrogens with zero attached hydrogens (tertiary/aromatic N) is 2. The van der Waals surface area contributed by atoms with Crippen LogP contribution in [0.15, 0.2) is 36.5 Å². The van der Waals surface area contributed by atoms with E-state index in [1.807, 2.05) is 37.3 Å². The van der Waals surface area contributed by atoms with E-state index in [9.17, 15) is 4.79 Å². The lowest BCUT2D eigenvalue weighted by atomic mass is 10.1. The molecule has 2 atom stereocenters. The van der Waals surface area contributed by atoms with Gasteiger partial charge in [-0.2, -0.15) is 0 Å². The minimum absolute atomic E-state index is 0.0250. The molecule has 166 valence electrons. The number of anilines is 1. The average Bonchev–Trinajstić information content (AvgIpc) is 3.42. The molecule has 7 heteroatoms. The van der Waals surface area contributed by atoms with Crippen LogP contribution in [0.3, 0.4) is 0 Å². The summed E-state index contributed by atoms with van der Waals surface area (Å²) in [5.74, 6) is 1.33. The Kier molecular flexibility index (Phi) is 6.86. The molecular formula is C24H30ClN3O3. The Balaban J connectivity index is 1.36. The molecule has 0 unspecified atom stereocenters. The summed E-state index contributed by atoms with van der Waals surface area (Å²) in [5.41, 5.74) is 2.00. The van der Waals surface area contributed by atoms with Gasteiger partial charge in [0.05, 0.1) is 18.3 Å². The number of rotatable bonds is 7. The van der Waals surface area contributed by atoms with Crippen molar-refractivity contribution in [3.63, 3.8) is 0 Å². The van der Waals surface area contributed by atoms with E-state index in [0.29, 0.717) is 10.9 Å². The monoisotopic (exact) mass is 443 g/mol. The van der Waals surface area contributed by atoms with Crippen LogP contribution in [0, 0.1) is 0 Å². The van der Waals surface area contributed by atoms with Gasteiger partial charge in [0.1, 0.15) is 23.0 Å². The second-order valence-corrected chi connectivity index (χ2v) is 8.82. The Morgan fingerprint density at radius 1 is 1.13 bits per heavy atom. The molecule has 31 heavy (non-hydrogen) atoms. The van der Waals surface area contributed by atoms with E-state index in [-0.39, 0.29) is 24.2 Å². The van der Waals surface area contributed by atoms with Gasteiger partial charge < -0.3 is 19.7 Å². The van der Waals surface area contributed by atoms with Crippen LogP contribution in [0.5, 0.6) is 11.6 Å². The van der Waals surface area contributed by atoms with Crippen molar-refractivity contribution in [1.82, 2.24) is 10.3 Å². The number of amides is 1. The van der Waals surface area contributed by atoms with Crippen molar-refractivity contribution in [3.05, 3.63) is 47.1 Å². The summed E-state index contributed by atoms with van der Waals surface area (Å²) >= 11 is 6.66. The second-order valence-electron chi connectivity index (χ2n) is 8.44. The van der Waals surface area contributed by atoms with E-state index in [0.717, 1.165) is 49.4 Å². The molecule has 1 saturated heterocycles. The smallest absolute Gasteiger partial charge is 0.234 e. The molecule has 1 saturated carbocycles. The molecule has 6 nitrogen and oxygen atoms in total. The molecule has 1 aliphatic heterocycles. The zero-order chi connectivity index (χ0) is 21.8. The summed E-state index contributed by atoms with van der Waals surface area (Å²) < 4.78 is 12.3. The van der Waals surface area contributed by atoms with Crippen LogP contribution < -0.4 is 19.7 Å². The topological polar surface area (TPSA) is 63.7 Å². The van der Waals surface area contributed by atoms with E-state index in [1.165, 1.54) is 19.8 Å². The largest absolute Gasteiger partial charge is 0.489 e. The summed E-state index contributed by atoms with van der Waals surface area (Å²) in [6.45, 7) is 5.12. The molecule has 1 amide bonds. The second kappa shape index (κ2) is 9.77. The minimum atomic E-state index is -0.0366. The fraction of sp³-hybridized carbons (Fsp3) is 0.500. The Hall–Kier alpha value is -2.47. The van der Waals surface area contributed by atoms with Crippen LogP contribution >= 0.6 is 11.6 Å². The maximum atomic E-state index is 11.2. The number of halogens is 1. The number of hydrogen-bond acceptors (Lipinski definition) is 5. The van der Waals surface area contributed by atoms with Gasteiger partial charge in [-0.05, 0) is 56.4 Å². The molecule has 0 bridgehead atoms. The standard InChI is InChI=1S/C24H30ClN3O3/c1-16(27-17(2)29)18-7-9-20(10-8-18)30-21-12-14-28(15-21)22-11-13-26-24(23(22)25)31-19-5-3-4-6-19/h7-11,13,16,19,21H,3-6,12,14-15H2,1-2H3,(H,27,29)/t16-,21+/m0/s1. The first-order valence-electron chi connectivity index (χ1n) is 11.1. The zero-order valence-electron chi connectivity index (χ0n) is 18.1. The molecular weight excluding hydrogens is 414 g/mol. The van der Waals surface area contributed by atoms with Gasteiger partial charge in [0, 0.05) is 26.1 Å². The summed E-state index contributed by atoms with van der Waals surface area (Å²) in [6.07, 6.45) is 7.57. The highest BCUT2D eigenvalue weighted by Crippen LogP contribution is 2.36. The summed E-state index contributed by atoms with van der Waals surface area (Å²) in [7, 11) is 0. The number of carbonyl (C=O) groups excluding carboxylic acids is 1. The molecule has 1 aromatic carbocycles. The van der Waals surface area contributed by atoms with Gasteiger partial charge in [-0.15, -0.1) is 0 Å². The first-order chi connectivity index (χ1) is 15.0. The van der Waals surface area contributed by atoms with Crippen LogP contribution in [-0.4, -0.2) is 36.2 Å². The van der Waals surface area contributed by atoms with E-state index in [2.05, 4.69) is 15.2 Å². The highest BCUT2D eigenvalue weighted by molar-refractivity contribution is 6.34. The Labute approximate surface area is 188 Å². The first kappa shape index (κ1) is 21.8. The lowest BCUT2D eigenvalue weighted by Gasteiger charge is -2.22. The molecule has 4 rings (SSSR count). The molecule has 1 N–H and O–H groups in total. The highest BCUT2D eigenvalue weighted by atomic mass is 35.5. The van der Waals surface area contributed by atoms with Crippen molar-refractivity contribution < 1.29 is 14.3 Å². The molecule has 2 aliphatic rings. The Morgan fingerprint density at radius 3 is 2.58 bits per heavy atom. The molecule has 2 heterocycles. The van der Waals surface area contributed by atoms with Crippen molar-refractivity contribution in [3.8, 4) is 11.6 Å². The molecule has 1 aromatic heterocycles. The minimum Gasteiger partial charge on any atom is -0.489 e. The van der Waals surface area contributed by atoms with Crippen molar-refractivity contribution in [1.29, 1.82) is 0 Å². The number of ether oxygens (including phenoxy) is 2. The Bertz CT molecular complexity index is 899. The molecule has 2 aromatic rings. The van der Waals surface area contributed by atoms with Crippen LogP contribution in [0.25, 0.3) is 0 Å². The average molecular weight is 444 g/mol. The molecule has 0 spiro atoms. The van der Waals surface area contributed by atoms with Gasteiger partial charge in [0.2, 0.25) is 11.8 Å². The summed E-state index contributed by atoms with van der Waals surface area (Å²) in [6, 6.07) is 9.84. The highest BCUT2D eigenvalue weighted by Gasteiger charge is 2.27. The van der Waals surface area contributed by atoms with E-state index in [4.69, 9.17) is 21.1 Å². The fourth-order valence-electron chi connectivity index (χ4n) is 4.36. The third-order valence-corrected chi connectivity index (χ3v) is 6.36. The van der Waals surface area contributed by atoms with Crippen LogP contribution in [0.1, 0.15) is 57.6 Å². The molecule has 2 fully saturated rings. The van der Waals surface area contributed by atoms with Gasteiger partial charge >= 0.3 is 0 Å². The van der Waals surface area contributed by atoms with Crippen molar-refractivity contribution >= 4 is 23.2 Å². The molecule has 0 radical (unpaired) electrons. The van der Waals surface area contributed by atoms with E-state index >= 15 is 0 Å². The van der Waals surface area contributed by atoms with Gasteiger partial charge in [-0.3, -0.25) is 4.79 Å². The van der Waals surface area contributed by atoms with Gasteiger partial charge in [0.15, 0.2) is 0 Å². The van der Waals surface area contributed by atoms with Gasteiger partial charge in [-0.1, -0.05) is 23.7 Å². The number of pyridine rings is 1. The normalized spacial score (nSPS) is 20.0. The lowest BCUT2D eigenvalue weighted by molar-refractivity contribution is -0.119. The third kappa shape index (κ3) is 5.42. The van der Waals surface area contributed by atoms with E-state index < -0.39 is 0 Å². The number of nitrogens with one attached hydrogen (secondary N) is 1. The number of benzene rings is 1. The van der Waals surface area contributed by atoms with Crippen LogP contribution in [0.4, 0.5) is 5.69 Å². The number of carbonyl (C=O) groups is 1. The lowest BCUT2D eigenvalue weighted by Crippen LogP contribution is -2.25. The van der Waals surface area contributed by atoms with E-state index in [1.54, 1.807) is 6.20 Å². The third-order valence-electron chi connectivity index (χ3n) is 6.01. The van der Waals surface area contributed by atoms with Gasteiger partial charge in [0.25, 0.3) is 0 Å². The van der Waals surface area contributed by atoms with Crippen molar-refractivity contribution in [2.24, 2.45) is 0 Å². The predicted molar refractivity (Wildman–Crippen MR) is 122 cm³/mol. The predicted octanol–water partition coefficient (Wildman–Crippen LogP) is 4.91. The van der Waals surface area contributed by atoms with Gasteiger partial charge in [-0.25, -0.2) is 4.98 Å². The van der Waals surface area contributed by atoms with Crippen LogP contribution in [-0.2, 0) is 4.79 Å². The maximum Gasteiger partial charge on any atom is 0.234 e. The van der Waals surface area contributed by atoms with Crippen LogP contribution in [0.2, 0.25) is 5.02 Å². The zero-order valence-corrected chi connectivity index (χ0v) is 18.9. The summed E-state index contributed by atoms with van der Waals surface area (Å²) in [5, 5.41) is 3.48. The quantitative estimate of drug-likeness (QED) is 0.658. The Morgan fingerprint density at radius 2 is 1.87 bits per heavy atom. The molecule has 1 aliphatic carbocycles. The van der Waals surface area contributed by atoms with Crippen molar-refractivity contribution in [2.75, 3.05) is 18.0 Å². The first-order valence-corrected chi connectivity index (χ1v) is 11.5. The maximum absolute atomic E-state index is 11.2. The SMILES string of the molecule is CC(=O)N[C@@H](C)c1ccc(O[C@@H]2CCN(c3ccnc(OC4CCCC4)c3Cl)C2)cc1. The summed E-state index contributed by atoms with van der Waals surface area (Å²) in [4.78, 5) is 17.8. The number of hydrogen-bond donors (Lipinski definition) is 1. The fourth-order valence-corrected chi connectivity index (χ4v) is 4.64. The van der Waals surface area contributed by atoms with Crippen molar-refractivity contribution in [2.45, 2.75) is 64.2 Å². The number of aromatic nitrogens is 1.